The molecule has 2 N–H and O–H groups in total. The van der Waals surface area contributed by atoms with Gasteiger partial charge in [-0.2, -0.15) is 10.2 Å². The quantitative estimate of drug-likeness (QED) is 0.529. The summed E-state index contributed by atoms with van der Waals surface area (Å²) in [6.07, 6.45) is 2.58. The number of aryl methyl sites for hydroxylation is 1. The van der Waals surface area contributed by atoms with Gasteiger partial charge >= 0.3 is 0 Å². The van der Waals surface area contributed by atoms with Crippen molar-refractivity contribution in [3.8, 4) is 17.0 Å². The highest BCUT2D eigenvalue weighted by Crippen LogP contribution is 2.21. The molecule has 0 aliphatic carbocycles. The monoisotopic (exact) mass is 348 g/mol. The molecule has 0 aliphatic heterocycles. The third-order valence-electron chi connectivity index (χ3n) is 3.95. The number of ether oxygens (including phenoxy) is 1. The molecule has 0 aliphatic rings. The highest BCUT2D eigenvalue weighted by molar-refractivity contribution is 5.94. The molecule has 132 valence electrons. The maximum absolute atomic E-state index is 12.2. The number of hydrazone groups is 1. The summed E-state index contributed by atoms with van der Waals surface area (Å²) in [6.45, 7) is 2.09. The summed E-state index contributed by atoms with van der Waals surface area (Å²) in [4.78, 5) is 12.2. The Kier molecular flexibility index (Phi) is 5.43. The molecule has 2 aromatic carbocycles. The van der Waals surface area contributed by atoms with Gasteiger partial charge in [0.25, 0.3) is 5.91 Å². The fourth-order valence-corrected chi connectivity index (χ4v) is 2.47. The fraction of sp³-hybridized carbons (Fsp3) is 0.150. The number of rotatable bonds is 6. The Labute approximate surface area is 151 Å². The average molecular weight is 348 g/mol. The maximum Gasteiger partial charge on any atom is 0.289 e. The average Bonchev–Trinajstić information content (AvgIpc) is 3.18. The third kappa shape index (κ3) is 4.16. The fourth-order valence-electron chi connectivity index (χ4n) is 2.47. The van der Waals surface area contributed by atoms with Gasteiger partial charge in [-0.3, -0.25) is 9.89 Å². The Balaban J connectivity index is 1.64. The topological polar surface area (TPSA) is 79.4 Å². The van der Waals surface area contributed by atoms with Crippen molar-refractivity contribution in [3.05, 3.63) is 71.4 Å². The van der Waals surface area contributed by atoms with Crippen LogP contribution in [-0.2, 0) is 6.42 Å². The van der Waals surface area contributed by atoms with Gasteiger partial charge in [-0.1, -0.05) is 31.2 Å². The molecule has 3 rings (SSSR count). The van der Waals surface area contributed by atoms with Crippen LogP contribution < -0.4 is 10.2 Å². The molecule has 1 amide bonds. The van der Waals surface area contributed by atoms with Crippen LogP contribution in [0.2, 0.25) is 0 Å². The number of carbonyl (C=O) groups excluding carboxylic acids is 1. The lowest BCUT2D eigenvalue weighted by Crippen LogP contribution is -2.18. The van der Waals surface area contributed by atoms with Gasteiger partial charge in [-0.25, -0.2) is 5.43 Å². The first-order chi connectivity index (χ1) is 12.7. The SMILES string of the molecule is CCc1cccc(C=NNC(=O)c2cc(-c3ccc(OC)cc3)n[nH]2)c1. The second-order valence-corrected chi connectivity index (χ2v) is 5.69. The largest absolute Gasteiger partial charge is 0.497 e. The van der Waals surface area contributed by atoms with E-state index in [-0.39, 0.29) is 5.91 Å². The molecule has 0 spiro atoms. The molecule has 6 heteroatoms. The Hall–Kier alpha value is -3.41. The van der Waals surface area contributed by atoms with Crippen LogP contribution in [0.25, 0.3) is 11.3 Å². The van der Waals surface area contributed by atoms with Crippen molar-refractivity contribution in [3.63, 3.8) is 0 Å². The number of nitrogens with zero attached hydrogens (tertiary/aromatic N) is 2. The second-order valence-electron chi connectivity index (χ2n) is 5.69. The number of aromatic nitrogens is 2. The Bertz CT molecular complexity index is 914. The number of hydrogen-bond acceptors (Lipinski definition) is 4. The van der Waals surface area contributed by atoms with E-state index in [2.05, 4.69) is 33.7 Å². The molecule has 0 radical (unpaired) electrons. The van der Waals surface area contributed by atoms with E-state index in [1.165, 1.54) is 5.56 Å². The van der Waals surface area contributed by atoms with Crippen LogP contribution in [0, 0.1) is 0 Å². The molecule has 0 saturated carbocycles. The first-order valence-corrected chi connectivity index (χ1v) is 8.31. The number of methoxy groups -OCH3 is 1. The van der Waals surface area contributed by atoms with Crippen molar-refractivity contribution in [2.24, 2.45) is 5.10 Å². The maximum atomic E-state index is 12.2. The van der Waals surface area contributed by atoms with Gasteiger partial charge in [0.15, 0.2) is 0 Å². The van der Waals surface area contributed by atoms with Crippen LogP contribution >= 0.6 is 0 Å². The minimum Gasteiger partial charge on any atom is -0.497 e. The number of nitrogens with one attached hydrogen (secondary N) is 2. The van der Waals surface area contributed by atoms with E-state index >= 15 is 0 Å². The number of aromatic amines is 1. The molecule has 0 bridgehead atoms. The lowest BCUT2D eigenvalue weighted by atomic mass is 10.1. The first-order valence-electron chi connectivity index (χ1n) is 8.31. The van der Waals surface area contributed by atoms with E-state index in [9.17, 15) is 4.79 Å². The predicted molar refractivity (Wildman–Crippen MR) is 101 cm³/mol. The van der Waals surface area contributed by atoms with Gasteiger partial charge in [0, 0.05) is 5.56 Å². The molecule has 0 saturated heterocycles. The number of hydrogen-bond donors (Lipinski definition) is 2. The van der Waals surface area contributed by atoms with Gasteiger partial charge in [-0.05, 0) is 47.9 Å². The van der Waals surface area contributed by atoms with Crippen molar-refractivity contribution < 1.29 is 9.53 Å². The van der Waals surface area contributed by atoms with Crippen LogP contribution in [0.5, 0.6) is 5.75 Å². The highest BCUT2D eigenvalue weighted by Gasteiger charge is 2.10. The minimum atomic E-state index is -0.347. The summed E-state index contributed by atoms with van der Waals surface area (Å²) >= 11 is 0. The number of H-pyrrole nitrogens is 1. The van der Waals surface area contributed by atoms with Crippen LogP contribution in [0.1, 0.15) is 28.5 Å². The zero-order valence-electron chi connectivity index (χ0n) is 14.7. The van der Waals surface area contributed by atoms with Crippen molar-refractivity contribution >= 4 is 12.1 Å². The van der Waals surface area contributed by atoms with Crippen molar-refractivity contribution in [2.75, 3.05) is 7.11 Å². The summed E-state index contributed by atoms with van der Waals surface area (Å²) in [5, 5.41) is 10.9. The Morgan fingerprint density at radius 1 is 1.23 bits per heavy atom. The van der Waals surface area contributed by atoms with E-state index in [4.69, 9.17) is 4.74 Å². The van der Waals surface area contributed by atoms with Crippen molar-refractivity contribution in [1.29, 1.82) is 0 Å². The molecule has 0 unspecified atom stereocenters. The summed E-state index contributed by atoms with van der Waals surface area (Å²) in [6, 6.07) is 17.1. The van der Waals surface area contributed by atoms with Gasteiger partial charge < -0.3 is 4.74 Å². The molecule has 1 heterocycles. The number of benzene rings is 2. The zero-order chi connectivity index (χ0) is 18.4. The van der Waals surface area contributed by atoms with Gasteiger partial charge in [0.2, 0.25) is 0 Å². The van der Waals surface area contributed by atoms with Crippen LogP contribution in [-0.4, -0.2) is 29.4 Å². The number of amides is 1. The minimum absolute atomic E-state index is 0.343. The van der Waals surface area contributed by atoms with E-state index in [1.807, 2.05) is 42.5 Å². The second kappa shape index (κ2) is 8.11. The van der Waals surface area contributed by atoms with Crippen molar-refractivity contribution in [1.82, 2.24) is 15.6 Å². The van der Waals surface area contributed by atoms with Crippen molar-refractivity contribution in [2.45, 2.75) is 13.3 Å². The molecule has 26 heavy (non-hydrogen) atoms. The molecule has 0 atom stereocenters. The molecule has 1 aromatic heterocycles. The van der Waals surface area contributed by atoms with E-state index in [1.54, 1.807) is 19.4 Å². The van der Waals surface area contributed by atoms with Crippen LogP contribution in [0.15, 0.2) is 59.7 Å². The molecular weight excluding hydrogens is 328 g/mol. The molecule has 0 fully saturated rings. The Morgan fingerprint density at radius 2 is 2.04 bits per heavy atom. The van der Waals surface area contributed by atoms with Gasteiger partial charge in [-0.15, -0.1) is 0 Å². The molecular formula is C20H20N4O2. The van der Waals surface area contributed by atoms with Gasteiger partial charge in [0.05, 0.1) is 19.0 Å². The predicted octanol–water partition coefficient (Wildman–Crippen LogP) is 3.41. The normalized spacial score (nSPS) is 10.8. The molecule has 3 aromatic rings. The smallest absolute Gasteiger partial charge is 0.289 e. The number of carbonyl (C=O) groups is 1. The zero-order valence-corrected chi connectivity index (χ0v) is 14.7. The van der Waals surface area contributed by atoms with E-state index in [0.717, 1.165) is 23.3 Å². The summed E-state index contributed by atoms with van der Waals surface area (Å²) in [5.41, 5.74) is 6.58. The van der Waals surface area contributed by atoms with E-state index in [0.29, 0.717) is 11.4 Å². The van der Waals surface area contributed by atoms with Crippen LogP contribution in [0.3, 0.4) is 0 Å². The lowest BCUT2D eigenvalue weighted by Gasteiger charge is -2.00. The molecule has 6 nitrogen and oxygen atoms in total. The lowest BCUT2D eigenvalue weighted by molar-refractivity contribution is 0.0950. The van der Waals surface area contributed by atoms with E-state index < -0.39 is 0 Å². The summed E-state index contributed by atoms with van der Waals surface area (Å²) in [7, 11) is 1.62. The standard InChI is InChI=1S/C20H20N4O2/c1-3-14-5-4-6-15(11-14)13-21-24-20(25)19-12-18(22-23-19)16-7-9-17(26-2)10-8-16/h4-13H,3H2,1-2H3,(H,22,23)(H,24,25). The first kappa shape index (κ1) is 17.4. The highest BCUT2D eigenvalue weighted by atomic mass is 16.5. The van der Waals surface area contributed by atoms with Crippen LogP contribution in [0.4, 0.5) is 0 Å². The third-order valence-corrected chi connectivity index (χ3v) is 3.95. The summed E-state index contributed by atoms with van der Waals surface area (Å²) < 4.78 is 5.14. The van der Waals surface area contributed by atoms with Gasteiger partial charge in [0.1, 0.15) is 11.4 Å². The Morgan fingerprint density at radius 3 is 2.77 bits per heavy atom. The summed E-state index contributed by atoms with van der Waals surface area (Å²) in [5.74, 6) is 0.420.